The van der Waals surface area contributed by atoms with E-state index in [-0.39, 0.29) is 23.5 Å². The molecule has 0 aromatic heterocycles. The van der Waals surface area contributed by atoms with E-state index in [1.54, 1.807) is 7.11 Å². The fourth-order valence-electron chi connectivity index (χ4n) is 5.04. The van der Waals surface area contributed by atoms with Gasteiger partial charge in [0.05, 0.1) is 7.11 Å². The van der Waals surface area contributed by atoms with Crippen molar-refractivity contribution in [3.8, 4) is 11.5 Å². The molecular weight excluding hydrogens is 368 g/mol. The van der Waals surface area contributed by atoms with Gasteiger partial charge in [0.15, 0.2) is 11.5 Å². The van der Waals surface area contributed by atoms with Crippen molar-refractivity contribution >= 4 is 0 Å². The number of rotatable bonds is 4. The van der Waals surface area contributed by atoms with E-state index in [2.05, 4.69) is 91.0 Å². The molecule has 4 aromatic carbocycles. The van der Waals surface area contributed by atoms with Gasteiger partial charge >= 0.3 is 0 Å². The van der Waals surface area contributed by atoms with Crippen LogP contribution in [0.15, 0.2) is 103 Å². The Morgan fingerprint density at radius 3 is 1.50 bits per heavy atom. The average Bonchev–Trinajstić information content (AvgIpc) is 3.14. The summed E-state index contributed by atoms with van der Waals surface area (Å²) in [6, 6.07) is 36.0. The van der Waals surface area contributed by atoms with Crippen molar-refractivity contribution in [2.75, 3.05) is 7.11 Å². The van der Waals surface area contributed by atoms with E-state index >= 15 is 0 Å². The molecule has 0 heterocycles. The first kappa shape index (κ1) is 18.5. The number of methoxy groups -OCH3 is 1. The van der Waals surface area contributed by atoms with Gasteiger partial charge in [0.25, 0.3) is 0 Å². The molecule has 0 aliphatic heterocycles. The normalized spacial score (nSPS) is 20.0. The van der Waals surface area contributed by atoms with Crippen molar-refractivity contribution in [3.05, 3.63) is 131 Å². The number of aromatic hydroxyl groups is 1. The fourth-order valence-corrected chi connectivity index (χ4v) is 5.04. The minimum Gasteiger partial charge on any atom is -0.504 e. The number of fused-ring (bicyclic) bond motifs is 1. The molecule has 0 spiro atoms. The minimum atomic E-state index is 0.144. The van der Waals surface area contributed by atoms with Crippen LogP contribution >= 0.6 is 0 Å². The average molecular weight is 392 g/mol. The Morgan fingerprint density at radius 1 is 0.600 bits per heavy atom. The number of phenols is 1. The molecule has 0 saturated heterocycles. The van der Waals surface area contributed by atoms with Gasteiger partial charge in [-0.1, -0.05) is 91.0 Å². The molecule has 3 atom stereocenters. The lowest BCUT2D eigenvalue weighted by atomic mass is 9.75. The summed E-state index contributed by atoms with van der Waals surface area (Å²) in [6.45, 7) is 0. The minimum absolute atomic E-state index is 0.144. The van der Waals surface area contributed by atoms with E-state index in [4.69, 9.17) is 4.74 Å². The van der Waals surface area contributed by atoms with E-state index in [0.717, 1.165) is 0 Å². The fraction of sp³-hybridized carbons (Fsp3) is 0.143. The van der Waals surface area contributed by atoms with Crippen LogP contribution in [0, 0.1) is 0 Å². The third kappa shape index (κ3) is 3.05. The van der Waals surface area contributed by atoms with Crippen molar-refractivity contribution in [2.24, 2.45) is 0 Å². The Balaban J connectivity index is 1.80. The molecule has 0 fully saturated rings. The second-order valence-corrected chi connectivity index (χ2v) is 7.87. The first-order chi connectivity index (χ1) is 14.8. The molecule has 4 aromatic rings. The lowest BCUT2D eigenvalue weighted by Gasteiger charge is -2.27. The van der Waals surface area contributed by atoms with Crippen LogP contribution in [0.25, 0.3) is 0 Å². The second-order valence-electron chi connectivity index (χ2n) is 7.87. The molecule has 1 aliphatic carbocycles. The molecule has 0 bridgehead atoms. The molecule has 2 nitrogen and oxygen atoms in total. The Labute approximate surface area is 177 Å². The topological polar surface area (TPSA) is 29.5 Å². The van der Waals surface area contributed by atoms with E-state index < -0.39 is 0 Å². The van der Waals surface area contributed by atoms with Gasteiger partial charge in [-0.3, -0.25) is 0 Å². The first-order valence-electron chi connectivity index (χ1n) is 10.3. The molecule has 148 valence electrons. The molecular formula is C28H24O2. The highest BCUT2D eigenvalue weighted by molar-refractivity contribution is 5.60. The van der Waals surface area contributed by atoms with Crippen LogP contribution in [0.1, 0.15) is 45.6 Å². The summed E-state index contributed by atoms with van der Waals surface area (Å²) >= 11 is 0. The van der Waals surface area contributed by atoms with Gasteiger partial charge in [0.2, 0.25) is 0 Å². The Morgan fingerprint density at radius 2 is 1.03 bits per heavy atom. The van der Waals surface area contributed by atoms with Gasteiger partial charge in [-0.15, -0.1) is 0 Å². The molecule has 2 heteroatoms. The van der Waals surface area contributed by atoms with Gasteiger partial charge in [-0.2, -0.15) is 0 Å². The summed E-state index contributed by atoms with van der Waals surface area (Å²) in [5.41, 5.74) is 6.23. The molecule has 0 radical (unpaired) electrons. The highest BCUT2D eigenvalue weighted by atomic mass is 16.5. The Hall–Kier alpha value is -3.52. The van der Waals surface area contributed by atoms with Crippen LogP contribution in [-0.4, -0.2) is 12.2 Å². The largest absolute Gasteiger partial charge is 0.504 e. The van der Waals surface area contributed by atoms with Crippen molar-refractivity contribution in [3.63, 3.8) is 0 Å². The SMILES string of the molecule is COc1cc2c(cc1O)[C@H](c1ccccc1)[C@@H](c1ccccc1)[C@@H]2c1ccccc1. The second kappa shape index (κ2) is 7.72. The smallest absolute Gasteiger partial charge is 0.160 e. The number of phenolic OH excluding ortho intramolecular Hbond substituents is 1. The highest BCUT2D eigenvalue weighted by Crippen LogP contribution is 2.58. The molecule has 0 saturated carbocycles. The standard InChI is InChI=1S/C28H24O2/c1-30-25-18-23-22(17-24(25)29)26(19-11-5-2-6-12-19)28(21-15-9-4-10-16-21)27(23)20-13-7-3-8-14-20/h2-18,26-29H,1H3/t26-,27+,28+/m0/s1. The summed E-state index contributed by atoms with van der Waals surface area (Å²) in [6.07, 6.45) is 0. The molecule has 1 N–H and O–H groups in total. The number of ether oxygens (including phenoxy) is 1. The van der Waals surface area contributed by atoms with Gasteiger partial charge in [-0.05, 0) is 39.9 Å². The molecule has 0 amide bonds. The maximum absolute atomic E-state index is 10.6. The van der Waals surface area contributed by atoms with Gasteiger partial charge in [0, 0.05) is 17.8 Å². The number of hydrogen-bond acceptors (Lipinski definition) is 2. The maximum atomic E-state index is 10.6. The summed E-state index contributed by atoms with van der Waals surface area (Å²) < 4.78 is 5.49. The van der Waals surface area contributed by atoms with Crippen LogP contribution in [-0.2, 0) is 0 Å². The summed E-state index contributed by atoms with van der Waals surface area (Å²) in [5.74, 6) is 1.25. The highest BCUT2D eigenvalue weighted by Gasteiger charge is 2.43. The molecule has 5 rings (SSSR count). The predicted octanol–water partition coefficient (Wildman–Crippen LogP) is 6.46. The first-order valence-corrected chi connectivity index (χ1v) is 10.3. The van der Waals surface area contributed by atoms with E-state index in [1.807, 2.05) is 12.1 Å². The number of benzene rings is 4. The van der Waals surface area contributed by atoms with Crippen LogP contribution < -0.4 is 4.74 Å². The lowest BCUT2D eigenvalue weighted by molar-refractivity contribution is 0.372. The van der Waals surface area contributed by atoms with Crippen LogP contribution in [0.3, 0.4) is 0 Å². The zero-order chi connectivity index (χ0) is 20.5. The van der Waals surface area contributed by atoms with Crippen molar-refractivity contribution < 1.29 is 9.84 Å². The summed E-state index contributed by atoms with van der Waals surface area (Å²) in [7, 11) is 1.61. The van der Waals surface area contributed by atoms with Crippen LogP contribution in [0.5, 0.6) is 11.5 Å². The molecule has 30 heavy (non-hydrogen) atoms. The van der Waals surface area contributed by atoms with E-state index in [1.165, 1.54) is 27.8 Å². The summed E-state index contributed by atoms with van der Waals surface area (Å²) in [4.78, 5) is 0. The predicted molar refractivity (Wildman–Crippen MR) is 120 cm³/mol. The molecule has 0 unspecified atom stereocenters. The van der Waals surface area contributed by atoms with Gasteiger partial charge in [-0.25, -0.2) is 0 Å². The lowest BCUT2D eigenvalue weighted by Crippen LogP contribution is -2.13. The van der Waals surface area contributed by atoms with Gasteiger partial charge in [0.1, 0.15) is 0 Å². The zero-order valence-corrected chi connectivity index (χ0v) is 16.9. The summed E-state index contributed by atoms with van der Waals surface area (Å²) in [5, 5.41) is 10.6. The Bertz CT molecular complexity index is 1140. The van der Waals surface area contributed by atoms with E-state index in [0.29, 0.717) is 5.75 Å². The van der Waals surface area contributed by atoms with Gasteiger partial charge < -0.3 is 9.84 Å². The molecule has 1 aliphatic rings. The third-order valence-corrected chi connectivity index (χ3v) is 6.27. The van der Waals surface area contributed by atoms with Crippen molar-refractivity contribution in [1.82, 2.24) is 0 Å². The monoisotopic (exact) mass is 392 g/mol. The zero-order valence-electron chi connectivity index (χ0n) is 16.9. The van der Waals surface area contributed by atoms with Crippen molar-refractivity contribution in [2.45, 2.75) is 17.8 Å². The quantitative estimate of drug-likeness (QED) is 0.432. The van der Waals surface area contributed by atoms with Crippen molar-refractivity contribution in [1.29, 1.82) is 0 Å². The van der Waals surface area contributed by atoms with Crippen LogP contribution in [0.4, 0.5) is 0 Å². The van der Waals surface area contributed by atoms with E-state index in [9.17, 15) is 5.11 Å². The Kier molecular flexibility index (Phi) is 4.76. The van der Waals surface area contributed by atoms with Crippen LogP contribution in [0.2, 0.25) is 0 Å². The maximum Gasteiger partial charge on any atom is 0.160 e. The number of hydrogen-bond donors (Lipinski definition) is 1. The third-order valence-electron chi connectivity index (χ3n) is 6.27.